The van der Waals surface area contributed by atoms with E-state index in [2.05, 4.69) is 4.98 Å². The third-order valence-electron chi connectivity index (χ3n) is 2.40. The molecule has 2 rings (SSSR count). The molecule has 1 aromatic carbocycles. The minimum Gasteiger partial charge on any atom is -0.294 e. The summed E-state index contributed by atoms with van der Waals surface area (Å²) in [6.07, 6.45) is 1.33. The first kappa shape index (κ1) is 12.3. The van der Waals surface area contributed by atoms with Crippen LogP contribution in [0.4, 0.5) is 13.2 Å². The van der Waals surface area contributed by atoms with Crippen LogP contribution < -0.4 is 0 Å². The Bertz CT molecular complexity index is 584. The predicted molar refractivity (Wildman–Crippen MR) is 58.6 cm³/mol. The fourth-order valence-electron chi connectivity index (χ4n) is 1.50. The normalized spacial score (nSPS) is 10.4. The fraction of sp³-hybridized carbons (Fsp3) is 0.0769. The molecule has 0 aliphatic rings. The van der Waals surface area contributed by atoms with Crippen LogP contribution in [0.25, 0.3) is 0 Å². The van der Waals surface area contributed by atoms with Crippen LogP contribution in [0.15, 0.2) is 36.5 Å². The zero-order chi connectivity index (χ0) is 13.1. The number of hydrogen-bond donors (Lipinski definition) is 0. The lowest BCUT2D eigenvalue weighted by Gasteiger charge is -2.03. The summed E-state index contributed by atoms with van der Waals surface area (Å²) in [5.74, 6) is -5.07. The summed E-state index contributed by atoms with van der Waals surface area (Å²) in [6.45, 7) is 0. The zero-order valence-electron chi connectivity index (χ0n) is 9.16. The van der Waals surface area contributed by atoms with Gasteiger partial charge in [-0.25, -0.2) is 13.2 Å². The molecule has 0 unspecified atom stereocenters. The first-order chi connectivity index (χ1) is 8.59. The van der Waals surface area contributed by atoms with Gasteiger partial charge in [0, 0.05) is 11.9 Å². The van der Waals surface area contributed by atoms with Gasteiger partial charge in [-0.05, 0) is 24.3 Å². The highest BCUT2D eigenvalue weighted by Gasteiger charge is 2.18. The highest BCUT2D eigenvalue weighted by Crippen LogP contribution is 2.16. The Morgan fingerprint density at radius 1 is 1.06 bits per heavy atom. The number of pyridine rings is 1. The third kappa shape index (κ3) is 2.40. The van der Waals surface area contributed by atoms with Crippen LogP contribution in [-0.4, -0.2) is 10.8 Å². The van der Waals surface area contributed by atoms with E-state index in [-0.39, 0.29) is 6.42 Å². The lowest BCUT2D eigenvalue weighted by molar-refractivity contribution is 0.0987. The summed E-state index contributed by atoms with van der Waals surface area (Å²) in [7, 11) is 0. The molecule has 0 fully saturated rings. The van der Waals surface area contributed by atoms with Gasteiger partial charge in [0.25, 0.3) is 0 Å². The van der Waals surface area contributed by atoms with Crippen molar-refractivity contribution < 1.29 is 18.0 Å². The molecule has 5 heteroatoms. The van der Waals surface area contributed by atoms with E-state index in [1.165, 1.54) is 6.20 Å². The van der Waals surface area contributed by atoms with Crippen molar-refractivity contribution in [1.29, 1.82) is 0 Å². The molecule has 0 atom stereocenters. The molecule has 92 valence electrons. The number of aromatic nitrogens is 1. The standard InChI is InChI=1S/C13H8F3NO/c14-10-5-4-9(12(15)13(10)16)11(18)7-8-3-1-2-6-17-8/h1-6H,7H2. The van der Waals surface area contributed by atoms with Gasteiger partial charge in [0.05, 0.1) is 12.0 Å². The van der Waals surface area contributed by atoms with E-state index in [1.807, 2.05) is 0 Å². The Morgan fingerprint density at radius 3 is 2.50 bits per heavy atom. The van der Waals surface area contributed by atoms with Crippen molar-refractivity contribution in [3.05, 3.63) is 65.2 Å². The molecular formula is C13H8F3NO. The largest absolute Gasteiger partial charge is 0.294 e. The van der Waals surface area contributed by atoms with E-state index in [1.54, 1.807) is 18.2 Å². The smallest absolute Gasteiger partial charge is 0.195 e. The molecule has 0 aliphatic carbocycles. The Balaban J connectivity index is 2.28. The molecule has 0 spiro atoms. The van der Waals surface area contributed by atoms with Crippen LogP contribution in [0.5, 0.6) is 0 Å². The predicted octanol–water partition coefficient (Wildman–Crippen LogP) is 2.92. The van der Waals surface area contributed by atoms with E-state index in [4.69, 9.17) is 0 Å². The molecule has 1 aromatic heterocycles. The van der Waals surface area contributed by atoms with Gasteiger partial charge in [0.1, 0.15) is 0 Å². The van der Waals surface area contributed by atoms with Crippen molar-refractivity contribution in [3.8, 4) is 0 Å². The summed E-state index contributed by atoms with van der Waals surface area (Å²) in [4.78, 5) is 15.6. The van der Waals surface area contributed by atoms with Gasteiger partial charge in [0.2, 0.25) is 0 Å². The van der Waals surface area contributed by atoms with Gasteiger partial charge in [-0.2, -0.15) is 0 Å². The second-order valence-electron chi connectivity index (χ2n) is 3.64. The minimum absolute atomic E-state index is 0.164. The van der Waals surface area contributed by atoms with Crippen LogP contribution in [0, 0.1) is 17.5 Å². The number of halogens is 3. The third-order valence-corrected chi connectivity index (χ3v) is 2.40. The SMILES string of the molecule is O=C(Cc1ccccn1)c1ccc(F)c(F)c1F. The lowest BCUT2D eigenvalue weighted by Crippen LogP contribution is -2.09. The Hall–Kier alpha value is -2.17. The minimum atomic E-state index is -1.64. The molecule has 18 heavy (non-hydrogen) atoms. The fourth-order valence-corrected chi connectivity index (χ4v) is 1.50. The quantitative estimate of drug-likeness (QED) is 0.620. The summed E-state index contributed by atoms with van der Waals surface area (Å²) in [5, 5.41) is 0. The molecule has 2 nitrogen and oxygen atoms in total. The van der Waals surface area contributed by atoms with Crippen molar-refractivity contribution >= 4 is 5.78 Å². The monoisotopic (exact) mass is 251 g/mol. The van der Waals surface area contributed by atoms with Crippen LogP contribution in [-0.2, 0) is 6.42 Å². The number of Topliss-reactive ketones (excluding diaryl/α,β-unsaturated/α-hetero) is 1. The molecular weight excluding hydrogens is 243 g/mol. The lowest BCUT2D eigenvalue weighted by atomic mass is 10.1. The van der Waals surface area contributed by atoms with Gasteiger partial charge in [-0.1, -0.05) is 6.07 Å². The average molecular weight is 251 g/mol. The molecule has 0 aliphatic heterocycles. The average Bonchev–Trinajstić information content (AvgIpc) is 2.37. The van der Waals surface area contributed by atoms with E-state index < -0.39 is 28.8 Å². The number of carbonyl (C=O) groups excluding carboxylic acids is 1. The summed E-state index contributed by atoms with van der Waals surface area (Å²) in [6, 6.07) is 6.60. The number of rotatable bonds is 3. The summed E-state index contributed by atoms with van der Waals surface area (Å²) in [5.41, 5.74) is -0.0359. The van der Waals surface area contributed by atoms with Gasteiger partial charge in [-0.15, -0.1) is 0 Å². The van der Waals surface area contributed by atoms with Gasteiger partial charge in [-0.3, -0.25) is 9.78 Å². The number of benzene rings is 1. The van der Waals surface area contributed by atoms with Crippen LogP contribution in [0.1, 0.15) is 16.1 Å². The van der Waals surface area contributed by atoms with Gasteiger partial charge in [0.15, 0.2) is 23.2 Å². The Kier molecular flexibility index (Phi) is 3.41. The molecule has 1 heterocycles. The second kappa shape index (κ2) is 5.00. The maximum atomic E-state index is 13.4. The topological polar surface area (TPSA) is 30.0 Å². The molecule has 0 amide bonds. The molecule has 2 aromatic rings. The Morgan fingerprint density at radius 2 is 1.83 bits per heavy atom. The van der Waals surface area contributed by atoms with E-state index in [9.17, 15) is 18.0 Å². The first-order valence-electron chi connectivity index (χ1n) is 5.16. The molecule has 0 N–H and O–H groups in total. The first-order valence-corrected chi connectivity index (χ1v) is 5.16. The number of nitrogens with zero attached hydrogens (tertiary/aromatic N) is 1. The molecule has 0 saturated carbocycles. The van der Waals surface area contributed by atoms with Crippen molar-refractivity contribution in [2.45, 2.75) is 6.42 Å². The summed E-state index contributed by atoms with van der Waals surface area (Å²) < 4.78 is 39.0. The van der Waals surface area contributed by atoms with Crippen molar-refractivity contribution in [3.63, 3.8) is 0 Å². The number of ketones is 1. The van der Waals surface area contributed by atoms with E-state index >= 15 is 0 Å². The molecule has 0 saturated heterocycles. The maximum absolute atomic E-state index is 13.4. The highest BCUT2D eigenvalue weighted by molar-refractivity contribution is 5.97. The van der Waals surface area contributed by atoms with E-state index in [0.29, 0.717) is 5.69 Å². The van der Waals surface area contributed by atoms with Crippen molar-refractivity contribution in [2.75, 3.05) is 0 Å². The van der Waals surface area contributed by atoms with Crippen molar-refractivity contribution in [2.24, 2.45) is 0 Å². The molecule has 0 radical (unpaired) electrons. The maximum Gasteiger partial charge on any atom is 0.195 e. The summed E-state index contributed by atoms with van der Waals surface area (Å²) >= 11 is 0. The Labute approximate surface area is 101 Å². The second-order valence-corrected chi connectivity index (χ2v) is 3.64. The van der Waals surface area contributed by atoms with Crippen LogP contribution in [0.2, 0.25) is 0 Å². The van der Waals surface area contributed by atoms with E-state index in [0.717, 1.165) is 12.1 Å². The van der Waals surface area contributed by atoms with Crippen molar-refractivity contribution in [1.82, 2.24) is 4.98 Å². The van der Waals surface area contributed by atoms with Gasteiger partial charge < -0.3 is 0 Å². The van der Waals surface area contributed by atoms with Crippen LogP contribution in [0.3, 0.4) is 0 Å². The van der Waals surface area contributed by atoms with Crippen LogP contribution >= 0.6 is 0 Å². The highest BCUT2D eigenvalue weighted by atomic mass is 19.2. The zero-order valence-corrected chi connectivity index (χ0v) is 9.16. The van der Waals surface area contributed by atoms with Gasteiger partial charge >= 0.3 is 0 Å². The molecule has 0 bridgehead atoms. The number of hydrogen-bond acceptors (Lipinski definition) is 2. The number of carbonyl (C=O) groups is 1.